The van der Waals surface area contributed by atoms with E-state index in [4.69, 9.17) is 9.47 Å². The van der Waals surface area contributed by atoms with Gasteiger partial charge in [0.1, 0.15) is 0 Å². The molecule has 2 nitrogen and oxygen atoms in total. The number of hydrogen-bond donors (Lipinski definition) is 0. The van der Waals surface area contributed by atoms with Crippen LogP contribution >= 0.6 is 0 Å². The lowest BCUT2D eigenvalue weighted by atomic mass is 10.1. The van der Waals surface area contributed by atoms with Crippen LogP contribution in [-0.4, -0.2) is 25.9 Å². The van der Waals surface area contributed by atoms with Gasteiger partial charge in [-0.15, -0.1) is 0 Å². The van der Waals surface area contributed by atoms with Gasteiger partial charge in [0.15, 0.2) is 0 Å². The first-order valence-corrected chi connectivity index (χ1v) is 9.63. The predicted molar refractivity (Wildman–Crippen MR) is 90.9 cm³/mol. The Bertz CT molecular complexity index is 200. The van der Waals surface area contributed by atoms with E-state index in [0.29, 0.717) is 6.10 Å². The highest BCUT2D eigenvalue weighted by atomic mass is 16.5. The van der Waals surface area contributed by atoms with Crippen LogP contribution in [0.15, 0.2) is 0 Å². The summed E-state index contributed by atoms with van der Waals surface area (Å²) in [4.78, 5) is 0. The van der Waals surface area contributed by atoms with Gasteiger partial charge in [0.05, 0.1) is 6.10 Å². The zero-order valence-corrected chi connectivity index (χ0v) is 14.4. The molecule has 0 aromatic rings. The van der Waals surface area contributed by atoms with Gasteiger partial charge in [-0.25, -0.2) is 0 Å². The van der Waals surface area contributed by atoms with Crippen LogP contribution in [0.25, 0.3) is 0 Å². The molecule has 1 unspecified atom stereocenters. The molecule has 1 atom stereocenters. The summed E-state index contributed by atoms with van der Waals surface area (Å²) in [5.41, 5.74) is 0. The molecule has 126 valence electrons. The largest absolute Gasteiger partial charge is 0.381 e. The van der Waals surface area contributed by atoms with Crippen molar-refractivity contribution in [2.45, 2.75) is 103 Å². The normalized spacial score (nSPS) is 19.0. The molecule has 0 spiro atoms. The molecule has 1 heterocycles. The maximum atomic E-state index is 5.73. The third-order valence-corrected chi connectivity index (χ3v) is 4.50. The second-order valence-corrected chi connectivity index (χ2v) is 6.57. The quantitative estimate of drug-likeness (QED) is 0.373. The molecule has 1 aliphatic rings. The Morgan fingerprint density at radius 1 is 0.810 bits per heavy atom. The van der Waals surface area contributed by atoms with Crippen LogP contribution in [0.3, 0.4) is 0 Å². The average Bonchev–Trinajstić information content (AvgIpc) is 2.53. The molecule has 21 heavy (non-hydrogen) atoms. The summed E-state index contributed by atoms with van der Waals surface area (Å²) in [7, 11) is 0. The average molecular weight is 299 g/mol. The second-order valence-electron chi connectivity index (χ2n) is 6.57. The van der Waals surface area contributed by atoms with Gasteiger partial charge in [-0.3, -0.25) is 0 Å². The summed E-state index contributed by atoms with van der Waals surface area (Å²) >= 11 is 0. The molecule has 0 radical (unpaired) electrons. The van der Waals surface area contributed by atoms with Crippen LogP contribution in [-0.2, 0) is 9.47 Å². The Balaban J connectivity index is 1.69. The van der Waals surface area contributed by atoms with Gasteiger partial charge < -0.3 is 9.47 Å². The van der Waals surface area contributed by atoms with E-state index in [1.807, 2.05) is 0 Å². The minimum Gasteiger partial charge on any atom is -0.381 e. The molecule has 0 aliphatic carbocycles. The van der Waals surface area contributed by atoms with Crippen molar-refractivity contribution in [3.63, 3.8) is 0 Å². The summed E-state index contributed by atoms with van der Waals surface area (Å²) in [5.74, 6) is 0. The van der Waals surface area contributed by atoms with Gasteiger partial charge in [0.25, 0.3) is 0 Å². The van der Waals surface area contributed by atoms with E-state index in [-0.39, 0.29) is 0 Å². The third-order valence-electron chi connectivity index (χ3n) is 4.50. The van der Waals surface area contributed by atoms with E-state index in [0.717, 1.165) is 26.2 Å². The Kier molecular flexibility index (Phi) is 13.4. The molecule has 0 amide bonds. The maximum absolute atomic E-state index is 5.73. The Morgan fingerprint density at radius 2 is 1.48 bits per heavy atom. The molecular formula is C19H38O2. The summed E-state index contributed by atoms with van der Waals surface area (Å²) in [6.45, 7) is 5.08. The summed E-state index contributed by atoms with van der Waals surface area (Å²) < 4.78 is 11.4. The lowest BCUT2D eigenvalue weighted by Gasteiger charge is -2.22. The van der Waals surface area contributed by atoms with Crippen molar-refractivity contribution in [1.29, 1.82) is 0 Å². The number of unbranched alkanes of at least 4 members (excludes halogenated alkanes) is 9. The molecule has 1 saturated heterocycles. The highest BCUT2D eigenvalue weighted by Crippen LogP contribution is 2.15. The van der Waals surface area contributed by atoms with Gasteiger partial charge in [-0.05, 0) is 32.1 Å². The minimum absolute atomic E-state index is 0.478. The lowest BCUT2D eigenvalue weighted by molar-refractivity contribution is -0.00783. The summed E-state index contributed by atoms with van der Waals surface area (Å²) in [6, 6.07) is 0. The first-order valence-electron chi connectivity index (χ1n) is 9.63. The molecular weight excluding hydrogens is 260 g/mol. The minimum atomic E-state index is 0.478. The fourth-order valence-corrected chi connectivity index (χ4v) is 3.04. The number of ether oxygens (including phenoxy) is 2. The second kappa shape index (κ2) is 14.8. The smallest absolute Gasteiger partial charge is 0.0597 e. The molecule has 0 aromatic carbocycles. The summed E-state index contributed by atoms with van der Waals surface area (Å²) in [5, 5.41) is 0. The van der Waals surface area contributed by atoms with E-state index in [2.05, 4.69) is 6.92 Å². The van der Waals surface area contributed by atoms with Crippen molar-refractivity contribution in [3.05, 3.63) is 0 Å². The van der Waals surface area contributed by atoms with Gasteiger partial charge in [0, 0.05) is 19.8 Å². The highest BCUT2D eigenvalue weighted by molar-refractivity contribution is 4.62. The SMILES string of the molecule is CCCCCCCCCCCCOCCC1CCCCO1. The van der Waals surface area contributed by atoms with E-state index < -0.39 is 0 Å². The van der Waals surface area contributed by atoms with Crippen LogP contribution in [0.4, 0.5) is 0 Å². The van der Waals surface area contributed by atoms with Gasteiger partial charge >= 0.3 is 0 Å². The van der Waals surface area contributed by atoms with Crippen LogP contribution < -0.4 is 0 Å². The Hall–Kier alpha value is -0.0800. The fourth-order valence-electron chi connectivity index (χ4n) is 3.04. The van der Waals surface area contributed by atoms with Gasteiger partial charge in [0.2, 0.25) is 0 Å². The molecule has 1 fully saturated rings. The molecule has 0 aromatic heterocycles. The van der Waals surface area contributed by atoms with Crippen LogP contribution in [0.5, 0.6) is 0 Å². The fraction of sp³-hybridized carbons (Fsp3) is 1.00. The highest BCUT2D eigenvalue weighted by Gasteiger charge is 2.12. The van der Waals surface area contributed by atoms with E-state index in [9.17, 15) is 0 Å². The topological polar surface area (TPSA) is 18.5 Å². The van der Waals surface area contributed by atoms with Crippen molar-refractivity contribution < 1.29 is 9.47 Å². The Morgan fingerprint density at radius 3 is 2.10 bits per heavy atom. The van der Waals surface area contributed by atoms with Crippen molar-refractivity contribution in [1.82, 2.24) is 0 Å². The van der Waals surface area contributed by atoms with E-state index >= 15 is 0 Å². The molecule has 0 bridgehead atoms. The van der Waals surface area contributed by atoms with Crippen molar-refractivity contribution in [2.75, 3.05) is 19.8 Å². The zero-order chi connectivity index (χ0) is 15.0. The van der Waals surface area contributed by atoms with Crippen LogP contribution in [0.1, 0.15) is 96.8 Å². The molecule has 2 heteroatoms. The number of rotatable bonds is 14. The molecule has 1 rings (SSSR count). The number of hydrogen-bond acceptors (Lipinski definition) is 2. The predicted octanol–water partition coefficient (Wildman–Crippen LogP) is 5.88. The van der Waals surface area contributed by atoms with E-state index in [1.165, 1.54) is 83.5 Å². The van der Waals surface area contributed by atoms with Gasteiger partial charge in [-0.2, -0.15) is 0 Å². The molecule has 0 saturated carbocycles. The van der Waals surface area contributed by atoms with Crippen LogP contribution in [0.2, 0.25) is 0 Å². The lowest BCUT2D eigenvalue weighted by Crippen LogP contribution is -2.20. The molecule has 1 aliphatic heterocycles. The van der Waals surface area contributed by atoms with Crippen LogP contribution in [0, 0.1) is 0 Å². The monoisotopic (exact) mass is 298 g/mol. The first kappa shape index (κ1) is 19.0. The Labute approximate surface area is 133 Å². The first-order chi connectivity index (χ1) is 10.4. The standard InChI is InChI=1S/C19H38O2/c1-2-3-4-5-6-7-8-9-10-12-16-20-18-15-19-14-11-13-17-21-19/h19H,2-18H2,1H3. The molecule has 0 N–H and O–H groups in total. The van der Waals surface area contributed by atoms with Crippen molar-refractivity contribution in [2.24, 2.45) is 0 Å². The maximum Gasteiger partial charge on any atom is 0.0597 e. The van der Waals surface area contributed by atoms with Gasteiger partial charge in [-0.1, -0.05) is 64.7 Å². The van der Waals surface area contributed by atoms with E-state index in [1.54, 1.807) is 0 Å². The third kappa shape index (κ3) is 12.2. The van der Waals surface area contributed by atoms with Crippen molar-refractivity contribution in [3.8, 4) is 0 Å². The van der Waals surface area contributed by atoms with Crippen molar-refractivity contribution >= 4 is 0 Å². The summed E-state index contributed by atoms with van der Waals surface area (Å²) in [6.07, 6.45) is 19.3. The zero-order valence-electron chi connectivity index (χ0n) is 14.4.